The van der Waals surface area contributed by atoms with Crippen molar-refractivity contribution in [2.24, 2.45) is 5.92 Å². The third-order valence-corrected chi connectivity index (χ3v) is 6.33. The smallest absolute Gasteiger partial charge is 0.422 e. The summed E-state index contributed by atoms with van der Waals surface area (Å²) in [5.41, 5.74) is 0.755. The Morgan fingerprint density at radius 3 is 2.68 bits per heavy atom. The van der Waals surface area contributed by atoms with E-state index in [0.29, 0.717) is 44.0 Å². The first kappa shape index (κ1) is 22.2. The van der Waals surface area contributed by atoms with Crippen molar-refractivity contribution in [3.8, 4) is 5.75 Å². The first-order chi connectivity index (χ1) is 14.7. The molecule has 0 aromatic heterocycles. The van der Waals surface area contributed by atoms with Gasteiger partial charge in [0.25, 0.3) is 0 Å². The van der Waals surface area contributed by atoms with Crippen LogP contribution in [0.3, 0.4) is 0 Å². The second kappa shape index (κ2) is 8.86. The number of fused-ring (bicyclic) bond motifs is 1. The van der Waals surface area contributed by atoms with Gasteiger partial charge in [0.2, 0.25) is 0 Å². The Hall–Kier alpha value is -2.00. The van der Waals surface area contributed by atoms with Crippen molar-refractivity contribution in [1.29, 1.82) is 0 Å². The number of ketones is 1. The van der Waals surface area contributed by atoms with Crippen LogP contribution in [0.4, 0.5) is 18.0 Å². The summed E-state index contributed by atoms with van der Waals surface area (Å²) < 4.78 is 47.8. The number of urea groups is 1. The molecule has 3 fully saturated rings. The fourth-order valence-electron chi connectivity index (χ4n) is 4.63. The van der Waals surface area contributed by atoms with Crippen molar-refractivity contribution >= 4 is 23.4 Å². The van der Waals surface area contributed by atoms with E-state index in [1.54, 1.807) is 21.9 Å². The van der Waals surface area contributed by atoms with Crippen LogP contribution in [0.5, 0.6) is 5.75 Å². The van der Waals surface area contributed by atoms with Crippen molar-refractivity contribution in [3.05, 3.63) is 28.8 Å². The van der Waals surface area contributed by atoms with Gasteiger partial charge in [0.15, 0.2) is 12.4 Å². The Labute approximate surface area is 183 Å². The van der Waals surface area contributed by atoms with Gasteiger partial charge in [-0.05, 0) is 36.6 Å². The molecule has 4 rings (SSSR count). The van der Waals surface area contributed by atoms with Gasteiger partial charge in [-0.15, -0.1) is 0 Å². The SMILES string of the molecule is O=C1CO[C@H]2CCN(C(=O)N3CCC(c4cc(Cl)cc(OCC(F)(F)F)c4)C3)C[C@H]2C1. The van der Waals surface area contributed by atoms with Gasteiger partial charge in [0.05, 0.1) is 6.10 Å². The molecule has 3 aliphatic heterocycles. The van der Waals surface area contributed by atoms with Crippen LogP contribution in [0.25, 0.3) is 0 Å². The van der Waals surface area contributed by atoms with E-state index in [1.807, 2.05) is 0 Å². The lowest BCUT2D eigenvalue weighted by Gasteiger charge is -2.41. The predicted octanol–water partition coefficient (Wildman–Crippen LogP) is 3.87. The maximum absolute atomic E-state index is 13.0. The van der Waals surface area contributed by atoms with Crippen LogP contribution in [-0.4, -0.2) is 73.3 Å². The molecular weight excluding hydrogens is 437 g/mol. The van der Waals surface area contributed by atoms with Crippen LogP contribution in [0.1, 0.15) is 30.7 Å². The normalized spacial score (nSPS) is 26.7. The molecule has 170 valence electrons. The van der Waals surface area contributed by atoms with E-state index in [-0.39, 0.29) is 42.1 Å². The van der Waals surface area contributed by atoms with Gasteiger partial charge in [-0.3, -0.25) is 4.79 Å². The lowest BCUT2D eigenvalue weighted by molar-refractivity contribution is -0.153. The molecule has 1 unspecified atom stereocenters. The molecule has 0 spiro atoms. The number of alkyl halides is 3. The van der Waals surface area contributed by atoms with E-state index in [1.165, 1.54) is 6.07 Å². The summed E-state index contributed by atoms with van der Waals surface area (Å²) in [4.78, 5) is 28.3. The average molecular weight is 461 g/mol. The second-order valence-electron chi connectivity index (χ2n) is 8.43. The highest BCUT2D eigenvalue weighted by Gasteiger charge is 2.39. The van der Waals surface area contributed by atoms with Crippen LogP contribution in [0.2, 0.25) is 5.02 Å². The van der Waals surface area contributed by atoms with E-state index in [9.17, 15) is 22.8 Å². The first-order valence-corrected chi connectivity index (χ1v) is 10.7. The molecule has 0 bridgehead atoms. The quantitative estimate of drug-likeness (QED) is 0.687. The standard InChI is InChI=1S/C21H24ClF3N2O4/c22-16-5-14(7-18(8-16)31-12-21(23,24)25)13-1-3-26(9-13)20(29)27-4-2-19-15(10-27)6-17(28)11-30-19/h5,7-8,13,15,19H,1-4,6,9-12H2/t13?,15-,19+/m1/s1. The van der Waals surface area contributed by atoms with Crippen molar-refractivity contribution in [3.63, 3.8) is 0 Å². The Bertz CT molecular complexity index is 850. The predicted molar refractivity (Wildman–Crippen MR) is 106 cm³/mol. The van der Waals surface area contributed by atoms with E-state index < -0.39 is 12.8 Å². The van der Waals surface area contributed by atoms with Crippen LogP contribution in [-0.2, 0) is 9.53 Å². The number of Topliss-reactive ketones (excluding diaryl/α,β-unsaturated/α-hetero) is 1. The van der Waals surface area contributed by atoms with Crippen LogP contribution in [0, 0.1) is 5.92 Å². The highest BCUT2D eigenvalue weighted by atomic mass is 35.5. The highest BCUT2D eigenvalue weighted by Crippen LogP contribution is 2.34. The van der Waals surface area contributed by atoms with E-state index >= 15 is 0 Å². The summed E-state index contributed by atoms with van der Waals surface area (Å²) in [5, 5.41) is 0.295. The van der Waals surface area contributed by atoms with Crippen molar-refractivity contribution in [2.45, 2.75) is 37.5 Å². The van der Waals surface area contributed by atoms with Crippen LogP contribution < -0.4 is 4.74 Å². The molecule has 6 nitrogen and oxygen atoms in total. The monoisotopic (exact) mass is 460 g/mol. The average Bonchev–Trinajstić information content (AvgIpc) is 3.20. The minimum absolute atomic E-state index is 0.0342. The number of nitrogens with zero attached hydrogens (tertiary/aromatic N) is 2. The number of carbonyl (C=O) groups excluding carboxylic acids is 2. The second-order valence-corrected chi connectivity index (χ2v) is 8.86. The molecular formula is C21H24ClF3N2O4. The molecule has 0 radical (unpaired) electrons. The Balaban J connectivity index is 1.37. The summed E-state index contributed by atoms with van der Waals surface area (Å²) in [6.07, 6.45) is -2.54. The van der Waals surface area contributed by atoms with Gasteiger partial charge in [0.1, 0.15) is 12.4 Å². The molecule has 0 saturated carbocycles. The molecule has 2 amide bonds. The molecule has 3 aliphatic rings. The van der Waals surface area contributed by atoms with E-state index in [2.05, 4.69) is 0 Å². The lowest BCUT2D eigenvalue weighted by Crippen LogP contribution is -2.53. The number of piperidine rings is 1. The number of halogens is 4. The van der Waals surface area contributed by atoms with Gasteiger partial charge in [-0.25, -0.2) is 4.79 Å². The number of benzene rings is 1. The zero-order chi connectivity index (χ0) is 22.2. The lowest BCUT2D eigenvalue weighted by atomic mass is 9.88. The largest absolute Gasteiger partial charge is 0.484 e. The number of likely N-dealkylation sites (tertiary alicyclic amines) is 2. The Morgan fingerprint density at radius 1 is 1.16 bits per heavy atom. The van der Waals surface area contributed by atoms with Gasteiger partial charge in [0, 0.05) is 49.5 Å². The van der Waals surface area contributed by atoms with E-state index in [4.69, 9.17) is 21.1 Å². The maximum atomic E-state index is 13.0. The summed E-state index contributed by atoms with van der Waals surface area (Å²) >= 11 is 6.09. The van der Waals surface area contributed by atoms with Crippen molar-refractivity contribution in [2.75, 3.05) is 39.4 Å². The molecule has 31 heavy (non-hydrogen) atoms. The molecule has 0 aliphatic carbocycles. The molecule has 3 saturated heterocycles. The highest BCUT2D eigenvalue weighted by molar-refractivity contribution is 6.30. The topological polar surface area (TPSA) is 59.1 Å². The third kappa shape index (κ3) is 5.44. The number of carbonyl (C=O) groups is 2. The zero-order valence-corrected chi connectivity index (χ0v) is 17.6. The van der Waals surface area contributed by atoms with Crippen molar-refractivity contribution in [1.82, 2.24) is 9.80 Å². The van der Waals surface area contributed by atoms with Crippen molar-refractivity contribution < 1.29 is 32.2 Å². The number of amides is 2. The Kier molecular flexibility index (Phi) is 6.35. The van der Waals surface area contributed by atoms with Gasteiger partial charge >= 0.3 is 12.2 Å². The number of hydrogen-bond donors (Lipinski definition) is 0. The number of hydrogen-bond acceptors (Lipinski definition) is 4. The minimum Gasteiger partial charge on any atom is -0.484 e. The summed E-state index contributed by atoms with van der Waals surface area (Å²) in [6.45, 7) is 0.875. The van der Waals surface area contributed by atoms with Gasteiger partial charge in [-0.1, -0.05) is 11.6 Å². The first-order valence-electron chi connectivity index (χ1n) is 10.3. The number of rotatable bonds is 3. The van der Waals surface area contributed by atoms with E-state index in [0.717, 1.165) is 12.0 Å². The molecule has 3 atom stereocenters. The summed E-state index contributed by atoms with van der Waals surface area (Å²) in [7, 11) is 0. The van der Waals surface area contributed by atoms with Crippen LogP contribution in [0.15, 0.2) is 18.2 Å². The third-order valence-electron chi connectivity index (χ3n) is 6.11. The zero-order valence-electron chi connectivity index (χ0n) is 16.9. The molecule has 0 N–H and O–H groups in total. The fraction of sp³-hybridized carbons (Fsp3) is 0.619. The molecule has 10 heteroatoms. The van der Waals surface area contributed by atoms with Gasteiger partial charge in [-0.2, -0.15) is 13.2 Å². The maximum Gasteiger partial charge on any atom is 0.422 e. The fourth-order valence-corrected chi connectivity index (χ4v) is 4.86. The van der Waals surface area contributed by atoms with Gasteiger partial charge < -0.3 is 19.3 Å². The summed E-state index contributed by atoms with van der Waals surface area (Å²) in [5.74, 6) is 0.140. The molecule has 1 aromatic carbocycles. The molecule has 1 aromatic rings. The summed E-state index contributed by atoms with van der Waals surface area (Å²) in [6, 6.07) is 4.55. The minimum atomic E-state index is -4.43. The van der Waals surface area contributed by atoms with Crippen LogP contribution >= 0.6 is 11.6 Å². The Morgan fingerprint density at radius 2 is 1.90 bits per heavy atom. The molecule has 3 heterocycles. The number of ether oxygens (including phenoxy) is 2.